The first-order valence-electron chi connectivity index (χ1n) is 5.91. The molecule has 0 fully saturated rings. The molecular weight excluding hydrogens is 220 g/mol. The van der Waals surface area contributed by atoms with Gasteiger partial charge in [0.2, 0.25) is 0 Å². The number of aliphatic hydroxyl groups excluding tert-OH is 1. The maximum absolute atomic E-state index is 10.6. The van der Waals surface area contributed by atoms with Gasteiger partial charge in [-0.15, -0.1) is 0 Å². The first kappa shape index (κ1) is 12.1. The smallest absolute Gasteiger partial charge is 0.303 e. The fraction of sp³-hybridized carbons (Fsp3) is 0.667. The Balaban J connectivity index is 2.15. The summed E-state index contributed by atoms with van der Waals surface area (Å²) in [5.74, 6) is -0.533. The lowest BCUT2D eigenvalue weighted by atomic mass is 9.82. The van der Waals surface area contributed by atoms with E-state index in [1.807, 2.05) is 14.0 Å². The molecule has 1 aromatic heterocycles. The summed E-state index contributed by atoms with van der Waals surface area (Å²) in [7, 11) is 1.87. The zero-order valence-electron chi connectivity index (χ0n) is 10.2. The SMILES string of the molecule is Cc1nn(C)c2c1C(O)CC(CCC(=O)O)C2. The molecule has 0 amide bonds. The zero-order chi connectivity index (χ0) is 12.6. The van der Waals surface area contributed by atoms with Gasteiger partial charge in [0, 0.05) is 24.7 Å². The maximum atomic E-state index is 10.6. The van der Waals surface area contributed by atoms with E-state index in [2.05, 4.69) is 5.10 Å². The van der Waals surface area contributed by atoms with Gasteiger partial charge in [0.25, 0.3) is 0 Å². The first-order chi connectivity index (χ1) is 7.99. The van der Waals surface area contributed by atoms with Crippen LogP contribution < -0.4 is 0 Å². The third kappa shape index (κ3) is 2.34. The molecule has 1 heterocycles. The minimum atomic E-state index is -0.772. The Bertz CT molecular complexity index is 439. The summed E-state index contributed by atoms with van der Waals surface area (Å²) in [6, 6.07) is 0. The van der Waals surface area contributed by atoms with Crippen LogP contribution in [-0.2, 0) is 18.3 Å². The normalized spacial score (nSPS) is 23.5. The van der Waals surface area contributed by atoms with Crippen LogP contribution in [0.25, 0.3) is 0 Å². The predicted octanol–water partition coefficient (Wildman–Crippen LogP) is 1.19. The molecule has 0 saturated heterocycles. The van der Waals surface area contributed by atoms with Gasteiger partial charge in [-0.2, -0.15) is 5.10 Å². The molecule has 2 atom stereocenters. The lowest BCUT2D eigenvalue weighted by Crippen LogP contribution is -2.20. The van der Waals surface area contributed by atoms with Gasteiger partial charge in [0.1, 0.15) is 0 Å². The molecular formula is C12H18N2O3. The van der Waals surface area contributed by atoms with Crippen molar-refractivity contribution in [2.24, 2.45) is 13.0 Å². The maximum Gasteiger partial charge on any atom is 0.303 e. The zero-order valence-corrected chi connectivity index (χ0v) is 10.2. The van der Waals surface area contributed by atoms with E-state index in [0.717, 1.165) is 23.4 Å². The van der Waals surface area contributed by atoms with Crippen molar-refractivity contribution < 1.29 is 15.0 Å². The van der Waals surface area contributed by atoms with E-state index in [-0.39, 0.29) is 12.3 Å². The molecule has 2 rings (SSSR count). The molecule has 5 heteroatoms. The van der Waals surface area contributed by atoms with Crippen LogP contribution in [0.4, 0.5) is 0 Å². The molecule has 0 spiro atoms. The molecule has 0 radical (unpaired) electrons. The van der Waals surface area contributed by atoms with Crippen LogP contribution in [0.5, 0.6) is 0 Å². The molecule has 2 N–H and O–H groups in total. The lowest BCUT2D eigenvalue weighted by Gasteiger charge is -2.26. The number of aromatic nitrogens is 2. The van der Waals surface area contributed by atoms with Crippen molar-refractivity contribution in [3.05, 3.63) is 17.0 Å². The molecule has 1 aromatic rings. The summed E-state index contributed by atoms with van der Waals surface area (Å²) in [6.45, 7) is 1.90. The van der Waals surface area contributed by atoms with Crippen molar-refractivity contribution in [3.8, 4) is 0 Å². The summed E-state index contributed by atoms with van der Waals surface area (Å²) in [6.07, 6.45) is 1.76. The first-order valence-corrected chi connectivity index (χ1v) is 5.91. The van der Waals surface area contributed by atoms with Crippen LogP contribution in [0.2, 0.25) is 0 Å². The molecule has 1 aliphatic carbocycles. The van der Waals surface area contributed by atoms with Crippen molar-refractivity contribution in [3.63, 3.8) is 0 Å². The van der Waals surface area contributed by atoms with Crippen LogP contribution in [-0.4, -0.2) is 26.0 Å². The van der Waals surface area contributed by atoms with Gasteiger partial charge in [0.15, 0.2) is 0 Å². The number of aryl methyl sites for hydroxylation is 2. The van der Waals surface area contributed by atoms with Crippen molar-refractivity contribution in [2.45, 2.75) is 38.7 Å². The monoisotopic (exact) mass is 238 g/mol. The molecule has 0 bridgehead atoms. The number of carboxylic acids is 1. The highest BCUT2D eigenvalue weighted by Crippen LogP contribution is 2.36. The van der Waals surface area contributed by atoms with Gasteiger partial charge in [-0.3, -0.25) is 9.48 Å². The van der Waals surface area contributed by atoms with Crippen molar-refractivity contribution in [2.75, 3.05) is 0 Å². The number of hydrogen-bond donors (Lipinski definition) is 2. The minimum Gasteiger partial charge on any atom is -0.481 e. The fourth-order valence-corrected chi connectivity index (χ4v) is 2.74. The lowest BCUT2D eigenvalue weighted by molar-refractivity contribution is -0.137. The molecule has 1 aliphatic rings. The van der Waals surface area contributed by atoms with Gasteiger partial charge >= 0.3 is 5.97 Å². The second kappa shape index (κ2) is 4.49. The Hall–Kier alpha value is -1.36. The summed E-state index contributed by atoms with van der Waals surface area (Å²) < 4.78 is 1.81. The van der Waals surface area contributed by atoms with E-state index in [0.29, 0.717) is 12.8 Å². The van der Waals surface area contributed by atoms with Crippen LogP contribution in [0.3, 0.4) is 0 Å². The third-order valence-corrected chi connectivity index (χ3v) is 3.53. The van der Waals surface area contributed by atoms with Gasteiger partial charge in [-0.05, 0) is 32.1 Å². The van der Waals surface area contributed by atoms with Crippen LogP contribution in [0, 0.1) is 12.8 Å². The highest BCUT2D eigenvalue weighted by atomic mass is 16.4. The number of rotatable bonds is 3. The summed E-state index contributed by atoms with van der Waals surface area (Å²) in [5.41, 5.74) is 2.88. The number of carbonyl (C=O) groups is 1. The second-order valence-corrected chi connectivity index (χ2v) is 4.82. The average molecular weight is 238 g/mol. The highest BCUT2D eigenvalue weighted by Gasteiger charge is 2.30. The molecule has 0 saturated carbocycles. The van der Waals surface area contributed by atoms with Crippen molar-refractivity contribution in [1.82, 2.24) is 9.78 Å². The summed E-state index contributed by atoms with van der Waals surface area (Å²) >= 11 is 0. The fourth-order valence-electron chi connectivity index (χ4n) is 2.74. The van der Waals surface area contributed by atoms with E-state index in [9.17, 15) is 9.90 Å². The molecule has 94 valence electrons. The number of hydrogen-bond acceptors (Lipinski definition) is 3. The number of carboxylic acid groups (broad SMARTS) is 1. The Kier molecular flexibility index (Phi) is 3.19. The quantitative estimate of drug-likeness (QED) is 0.829. The average Bonchev–Trinajstić information content (AvgIpc) is 2.52. The van der Waals surface area contributed by atoms with Crippen LogP contribution >= 0.6 is 0 Å². The Morgan fingerprint density at radius 3 is 2.94 bits per heavy atom. The van der Waals surface area contributed by atoms with Crippen LogP contribution in [0.1, 0.15) is 42.3 Å². The third-order valence-electron chi connectivity index (χ3n) is 3.53. The number of fused-ring (bicyclic) bond motifs is 1. The second-order valence-electron chi connectivity index (χ2n) is 4.82. The van der Waals surface area contributed by atoms with E-state index >= 15 is 0 Å². The number of aliphatic carboxylic acids is 1. The van der Waals surface area contributed by atoms with Crippen molar-refractivity contribution >= 4 is 5.97 Å². The Labute approximate surface area is 100 Å². The molecule has 2 unspecified atom stereocenters. The van der Waals surface area contributed by atoms with Gasteiger partial charge in [0.05, 0.1) is 11.8 Å². The van der Waals surface area contributed by atoms with Crippen molar-refractivity contribution in [1.29, 1.82) is 0 Å². The standard InChI is InChI=1S/C12H18N2O3/c1-7-12-9(14(2)13-7)5-8(6-10(12)15)3-4-11(16)17/h8,10,15H,3-6H2,1-2H3,(H,16,17). The van der Waals surface area contributed by atoms with Gasteiger partial charge in [-0.25, -0.2) is 0 Å². The van der Waals surface area contributed by atoms with Gasteiger partial charge in [-0.1, -0.05) is 0 Å². The molecule has 5 nitrogen and oxygen atoms in total. The van der Waals surface area contributed by atoms with E-state index < -0.39 is 12.1 Å². The minimum absolute atomic E-state index is 0.170. The predicted molar refractivity (Wildman–Crippen MR) is 61.6 cm³/mol. The molecule has 0 aromatic carbocycles. The summed E-state index contributed by atoms with van der Waals surface area (Å²) in [4.78, 5) is 10.6. The molecule has 0 aliphatic heterocycles. The topological polar surface area (TPSA) is 75.3 Å². The van der Waals surface area contributed by atoms with Crippen LogP contribution in [0.15, 0.2) is 0 Å². The highest BCUT2D eigenvalue weighted by molar-refractivity contribution is 5.66. The van der Waals surface area contributed by atoms with E-state index in [1.54, 1.807) is 4.68 Å². The molecule has 17 heavy (non-hydrogen) atoms. The van der Waals surface area contributed by atoms with E-state index in [1.165, 1.54) is 0 Å². The number of nitrogens with zero attached hydrogens (tertiary/aromatic N) is 2. The largest absolute Gasteiger partial charge is 0.481 e. The van der Waals surface area contributed by atoms with Gasteiger partial charge < -0.3 is 10.2 Å². The summed E-state index contributed by atoms with van der Waals surface area (Å²) in [5, 5.41) is 23.1. The number of aliphatic hydroxyl groups is 1. The van der Waals surface area contributed by atoms with E-state index in [4.69, 9.17) is 5.11 Å². The Morgan fingerprint density at radius 1 is 1.59 bits per heavy atom. The Morgan fingerprint density at radius 2 is 2.29 bits per heavy atom.